The van der Waals surface area contributed by atoms with Crippen LogP contribution in [0.4, 0.5) is 10.2 Å². The van der Waals surface area contributed by atoms with Crippen molar-refractivity contribution in [2.45, 2.75) is 39.4 Å². The van der Waals surface area contributed by atoms with E-state index in [1.807, 2.05) is 12.1 Å². The molecule has 0 fully saturated rings. The predicted octanol–water partition coefficient (Wildman–Crippen LogP) is 4.54. The molecule has 0 aliphatic heterocycles. The number of halogens is 2. The van der Waals surface area contributed by atoms with Gasteiger partial charge in [-0.25, -0.2) is 9.37 Å². The topological polar surface area (TPSA) is 37.0 Å². The van der Waals surface area contributed by atoms with Crippen LogP contribution in [-0.2, 0) is 13.1 Å². The van der Waals surface area contributed by atoms with Gasteiger partial charge in [0.1, 0.15) is 0 Å². The first-order valence-corrected chi connectivity index (χ1v) is 8.32. The lowest BCUT2D eigenvalue weighted by Crippen LogP contribution is -2.35. The van der Waals surface area contributed by atoms with Crippen molar-refractivity contribution in [3.05, 3.63) is 44.4 Å². The Kier molecular flexibility index (Phi) is 5.35. The van der Waals surface area contributed by atoms with E-state index >= 15 is 0 Å². The summed E-state index contributed by atoms with van der Waals surface area (Å²) < 4.78 is 15.5. The second-order valence-electron chi connectivity index (χ2n) is 5.80. The third-order valence-electron chi connectivity index (χ3n) is 2.84. The van der Waals surface area contributed by atoms with Gasteiger partial charge in [-0.05, 0) is 54.9 Å². The number of nitrogens with zero attached hydrogens (tertiary/aromatic N) is 1. The van der Waals surface area contributed by atoms with Gasteiger partial charge >= 0.3 is 0 Å². The molecule has 2 aromatic heterocycles. The molecule has 0 aromatic carbocycles. The number of aromatic nitrogens is 1. The number of thiophene rings is 1. The van der Waals surface area contributed by atoms with Crippen LogP contribution in [0.1, 0.15) is 31.2 Å². The average molecular weight is 372 g/mol. The minimum atomic E-state index is -0.287. The van der Waals surface area contributed by atoms with E-state index in [4.69, 9.17) is 0 Å². The highest BCUT2D eigenvalue weighted by molar-refractivity contribution is 9.11. The van der Waals surface area contributed by atoms with Crippen LogP contribution in [0.2, 0.25) is 0 Å². The molecule has 114 valence electrons. The van der Waals surface area contributed by atoms with E-state index in [0.717, 1.165) is 8.66 Å². The fourth-order valence-electron chi connectivity index (χ4n) is 1.72. The Labute approximate surface area is 137 Å². The summed E-state index contributed by atoms with van der Waals surface area (Å²) in [6.45, 7) is 7.22. The maximum atomic E-state index is 14.4. The molecule has 0 atom stereocenters. The number of anilines is 1. The van der Waals surface area contributed by atoms with Gasteiger partial charge in [-0.15, -0.1) is 11.3 Å². The van der Waals surface area contributed by atoms with Crippen LogP contribution >= 0.6 is 27.3 Å². The summed E-state index contributed by atoms with van der Waals surface area (Å²) in [6, 6.07) is 5.70. The molecule has 2 aromatic rings. The van der Waals surface area contributed by atoms with E-state index in [1.54, 1.807) is 23.6 Å². The number of hydrogen-bond donors (Lipinski definition) is 2. The van der Waals surface area contributed by atoms with E-state index in [0.29, 0.717) is 24.5 Å². The van der Waals surface area contributed by atoms with E-state index in [-0.39, 0.29) is 11.4 Å². The second-order valence-corrected chi connectivity index (χ2v) is 8.34. The molecule has 6 heteroatoms. The molecule has 0 aliphatic carbocycles. The van der Waals surface area contributed by atoms with Crippen molar-refractivity contribution in [2.75, 3.05) is 5.32 Å². The summed E-state index contributed by atoms with van der Waals surface area (Å²) >= 11 is 5.04. The largest absolute Gasteiger partial charge is 0.363 e. The smallest absolute Gasteiger partial charge is 0.169 e. The Morgan fingerprint density at radius 1 is 1.24 bits per heavy atom. The fraction of sp³-hybridized carbons (Fsp3) is 0.400. The van der Waals surface area contributed by atoms with E-state index in [2.05, 4.69) is 52.3 Å². The van der Waals surface area contributed by atoms with E-state index in [9.17, 15) is 4.39 Å². The molecule has 0 saturated heterocycles. The van der Waals surface area contributed by atoms with Gasteiger partial charge in [0.2, 0.25) is 0 Å². The summed E-state index contributed by atoms with van der Waals surface area (Å²) in [7, 11) is 0. The fourth-order valence-corrected chi connectivity index (χ4v) is 3.14. The van der Waals surface area contributed by atoms with Gasteiger partial charge < -0.3 is 10.6 Å². The maximum Gasteiger partial charge on any atom is 0.169 e. The summed E-state index contributed by atoms with van der Waals surface area (Å²) in [4.78, 5) is 5.21. The van der Waals surface area contributed by atoms with E-state index < -0.39 is 0 Å². The van der Waals surface area contributed by atoms with Gasteiger partial charge in [-0.1, -0.05) is 0 Å². The van der Waals surface area contributed by atoms with Crippen LogP contribution in [0.3, 0.4) is 0 Å². The number of hydrogen-bond acceptors (Lipinski definition) is 4. The predicted molar refractivity (Wildman–Crippen MR) is 90.1 cm³/mol. The van der Waals surface area contributed by atoms with Crippen molar-refractivity contribution >= 4 is 33.1 Å². The number of rotatable bonds is 5. The van der Waals surface area contributed by atoms with Gasteiger partial charge in [0.25, 0.3) is 0 Å². The third-order valence-corrected chi connectivity index (χ3v) is 4.46. The zero-order valence-electron chi connectivity index (χ0n) is 12.3. The normalized spacial score (nSPS) is 11.7. The van der Waals surface area contributed by atoms with Crippen molar-refractivity contribution in [3.63, 3.8) is 0 Å². The molecule has 0 bridgehead atoms. The minimum absolute atomic E-state index is 0.0491. The van der Waals surface area contributed by atoms with E-state index in [1.165, 1.54) is 0 Å². The average Bonchev–Trinajstić information content (AvgIpc) is 2.81. The Hall–Kier alpha value is -0.980. The second kappa shape index (κ2) is 6.85. The highest BCUT2D eigenvalue weighted by Gasteiger charge is 2.13. The monoisotopic (exact) mass is 371 g/mol. The molecular weight excluding hydrogens is 353 g/mol. The molecule has 0 aliphatic rings. The molecule has 0 amide bonds. The van der Waals surface area contributed by atoms with Gasteiger partial charge in [0.05, 0.1) is 10.3 Å². The summed E-state index contributed by atoms with van der Waals surface area (Å²) in [5.41, 5.74) is 0.571. The molecule has 0 unspecified atom stereocenters. The first-order chi connectivity index (χ1) is 9.85. The third kappa shape index (κ3) is 5.05. The summed E-state index contributed by atoms with van der Waals surface area (Å²) in [5, 5.41) is 6.34. The first-order valence-electron chi connectivity index (χ1n) is 6.71. The highest BCUT2D eigenvalue weighted by atomic mass is 79.9. The molecule has 0 saturated carbocycles. The molecule has 21 heavy (non-hydrogen) atoms. The molecule has 2 N–H and O–H groups in total. The Morgan fingerprint density at radius 3 is 2.62 bits per heavy atom. The molecule has 0 spiro atoms. The lowest BCUT2D eigenvalue weighted by molar-refractivity contribution is 0.418. The lowest BCUT2D eigenvalue weighted by Gasteiger charge is -2.21. The molecular formula is C15H19BrFN3S. The van der Waals surface area contributed by atoms with Crippen LogP contribution in [0, 0.1) is 5.82 Å². The van der Waals surface area contributed by atoms with Gasteiger partial charge in [0, 0.05) is 28.7 Å². The zero-order chi connectivity index (χ0) is 15.5. The highest BCUT2D eigenvalue weighted by Crippen LogP contribution is 2.23. The number of pyridine rings is 1. The zero-order valence-corrected chi connectivity index (χ0v) is 14.7. The summed E-state index contributed by atoms with van der Waals surface area (Å²) in [5.74, 6) is 0.0117. The molecule has 2 rings (SSSR count). The lowest BCUT2D eigenvalue weighted by atomic mass is 10.1. The van der Waals surface area contributed by atoms with Gasteiger partial charge in [-0.3, -0.25) is 0 Å². The first kappa shape index (κ1) is 16.4. The Balaban J connectivity index is 2.03. The van der Waals surface area contributed by atoms with Crippen molar-refractivity contribution in [1.82, 2.24) is 10.3 Å². The molecule has 3 nitrogen and oxygen atoms in total. The SMILES string of the molecule is CC(C)(C)NCc1ccnc(NCc2ccc(Br)s2)c1F. The van der Waals surface area contributed by atoms with Crippen LogP contribution < -0.4 is 10.6 Å². The Bertz CT molecular complexity index is 607. The molecule has 0 radical (unpaired) electrons. The summed E-state index contributed by atoms with van der Waals surface area (Å²) in [6.07, 6.45) is 1.63. The minimum Gasteiger partial charge on any atom is -0.363 e. The van der Waals surface area contributed by atoms with Crippen LogP contribution in [0.15, 0.2) is 28.2 Å². The van der Waals surface area contributed by atoms with Crippen LogP contribution in [0.25, 0.3) is 0 Å². The standard InChI is InChI=1S/C15H19BrFN3S/c1-15(2,3)20-8-10-6-7-18-14(13(10)17)19-9-11-4-5-12(16)21-11/h4-7,20H,8-9H2,1-3H3,(H,18,19). The van der Waals surface area contributed by atoms with Crippen LogP contribution in [-0.4, -0.2) is 10.5 Å². The van der Waals surface area contributed by atoms with Gasteiger partial charge in [0.15, 0.2) is 11.6 Å². The van der Waals surface area contributed by atoms with Crippen molar-refractivity contribution < 1.29 is 4.39 Å². The van der Waals surface area contributed by atoms with Crippen molar-refractivity contribution in [3.8, 4) is 0 Å². The van der Waals surface area contributed by atoms with Crippen LogP contribution in [0.5, 0.6) is 0 Å². The quantitative estimate of drug-likeness (QED) is 0.809. The molecule has 2 heterocycles. The number of nitrogens with one attached hydrogen (secondary N) is 2. The maximum absolute atomic E-state index is 14.4. The van der Waals surface area contributed by atoms with Crippen molar-refractivity contribution in [2.24, 2.45) is 0 Å². The Morgan fingerprint density at radius 2 is 2.00 bits per heavy atom. The van der Waals surface area contributed by atoms with Crippen molar-refractivity contribution in [1.29, 1.82) is 0 Å². The van der Waals surface area contributed by atoms with Gasteiger partial charge in [-0.2, -0.15) is 0 Å².